The van der Waals surface area contributed by atoms with Gasteiger partial charge in [0.25, 0.3) is 0 Å². The molecule has 0 aliphatic carbocycles. The Bertz CT molecular complexity index is 377. The molecule has 0 fully saturated rings. The van der Waals surface area contributed by atoms with Crippen LogP contribution in [0.3, 0.4) is 0 Å². The van der Waals surface area contributed by atoms with Crippen LogP contribution in [0.4, 0.5) is 11.8 Å². The molecule has 0 amide bonds. The highest BCUT2D eigenvalue weighted by molar-refractivity contribution is 5.46. The van der Waals surface area contributed by atoms with E-state index in [0.29, 0.717) is 5.95 Å². The summed E-state index contributed by atoms with van der Waals surface area (Å²) in [5.74, 6) is 1.65. The van der Waals surface area contributed by atoms with E-state index in [0.717, 1.165) is 56.9 Å². The largest absolute Gasteiger partial charge is 0.370 e. The molecule has 1 rings (SSSR count). The number of rotatable bonds is 10. The van der Waals surface area contributed by atoms with Gasteiger partial charge in [-0.1, -0.05) is 20.8 Å². The molecule has 0 aromatic carbocycles. The lowest BCUT2D eigenvalue weighted by Gasteiger charge is -2.18. The van der Waals surface area contributed by atoms with E-state index < -0.39 is 0 Å². The summed E-state index contributed by atoms with van der Waals surface area (Å²) in [6.07, 6.45) is 4.07. The first-order chi connectivity index (χ1) is 9.71. The Morgan fingerprint density at radius 3 is 2.50 bits per heavy atom. The molecule has 1 aromatic heterocycles. The third-order valence-corrected chi connectivity index (χ3v) is 3.34. The average molecular weight is 279 g/mol. The minimum Gasteiger partial charge on any atom is -0.370 e. The summed E-state index contributed by atoms with van der Waals surface area (Å²) >= 11 is 0. The summed E-state index contributed by atoms with van der Waals surface area (Å²) in [5.41, 5.74) is 1.09. The zero-order chi connectivity index (χ0) is 14.8. The molecule has 5 heteroatoms. The van der Waals surface area contributed by atoms with Crippen LogP contribution >= 0.6 is 0 Å². The minimum absolute atomic E-state index is 0.712. The molecule has 0 saturated carbocycles. The van der Waals surface area contributed by atoms with Gasteiger partial charge in [0.1, 0.15) is 5.82 Å². The van der Waals surface area contributed by atoms with Crippen LogP contribution in [0.1, 0.15) is 39.2 Å². The molecule has 5 nitrogen and oxygen atoms in total. The first-order valence-electron chi connectivity index (χ1n) is 7.74. The number of aryl methyl sites for hydroxylation is 1. The number of hydrogen-bond donors (Lipinski definition) is 2. The van der Waals surface area contributed by atoms with Crippen molar-refractivity contribution in [1.82, 2.24) is 14.9 Å². The van der Waals surface area contributed by atoms with Crippen molar-refractivity contribution in [3.63, 3.8) is 0 Å². The highest BCUT2D eigenvalue weighted by Gasteiger charge is 2.03. The number of aromatic nitrogens is 2. The molecule has 0 unspecified atom stereocenters. The fourth-order valence-electron chi connectivity index (χ4n) is 1.99. The Morgan fingerprint density at radius 2 is 1.85 bits per heavy atom. The van der Waals surface area contributed by atoms with Gasteiger partial charge in [-0.3, -0.25) is 0 Å². The Balaban J connectivity index is 2.42. The fraction of sp³-hybridized carbons (Fsp3) is 0.733. The summed E-state index contributed by atoms with van der Waals surface area (Å²) in [5, 5.41) is 6.63. The summed E-state index contributed by atoms with van der Waals surface area (Å²) in [7, 11) is 0. The monoisotopic (exact) mass is 279 g/mol. The second-order valence-electron chi connectivity index (χ2n) is 4.96. The SMILES string of the molecule is CCCNc1ncc(C)c(NCCCN(CC)CC)n1. The van der Waals surface area contributed by atoms with Crippen LogP contribution in [0.5, 0.6) is 0 Å². The minimum atomic E-state index is 0.712. The van der Waals surface area contributed by atoms with Crippen LogP contribution in [-0.4, -0.2) is 47.6 Å². The number of nitrogens with zero attached hydrogens (tertiary/aromatic N) is 3. The van der Waals surface area contributed by atoms with Crippen LogP contribution in [0, 0.1) is 6.92 Å². The Hall–Kier alpha value is -1.36. The van der Waals surface area contributed by atoms with E-state index in [1.54, 1.807) is 0 Å². The van der Waals surface area contributed by atoms with Gasteiger partial charge in [-0.2, -0.15) is 4.98 Å². The van der Waals surface area contributed by atoms with Gasteiger partial charge in [-0.25, -0.2) is 4.98 Å². The zero-order valence-corrected chi connectivity index (χ0v) is 13.4. The van der Waals surface area contributed by atoms with Crippen molar-refractivity contribution >= 4 is 11.8 Å². The van der Waals surface area contributed by atoms with Crippen molar-refractivity contribution in [2.24, 2.45) is 0 Å². The summed E-state index contributed by atoms with van der Waals surface area (Å²) < 4.78 is 0. The smallest absolute Gasteiger partial charge is 0.224 e. The maximum atomic E-state index is 4.52. The molecular formula is C15H29N5. The lowest BCUT2D eigenvalue weighted by Crippen LogP contribution is -2.25. The standard InChI is InChI=1S/C15H29N5/c1-5-9-17-15-18-12-13(4)14(19-15)16-10-8-11-20(6-2)7-3/h12H,5-11H2,1-4H3,(H2,16,17,18,19). The Labute approximate surface area is 123 Å². The topological polar surface area (TPSA) is 53.1 Å². The molecule has 0 atom stereocenters. The van der Waals surface area contributed by atoms with Gasteiger partial charge in [0.15, 0.2) is 0 Å². The average Bonchev–Trinajstić information content (AvgIpc) is 2.47. The predicted octanol–water partition coefficient (Wildman–Crippen LogP) is 2.75. The highest BCUT2D eigenvalue weighted by Crippen LogP contribution is 2.12. The molecule has 0 spiro atoms. The highest BCUT2D eigenvalue weighted by atomic mass is 15.1. The van der Waals surface area contributed by atoms with Gasteiger partial charge in [0.05, 0.1) is 0 Å². The second kappa shape index (κ2) is 9.53. The molecule has 114 valence electrons. The first-order valence-corrected chi connectivity index (χ1v) is 7.74. The van der Waals surface area contributed by atoms with E-state index in [9.17, 15) is 0 Å². The first kappa shape index (κ1) is 16.7. The number of hydrogen-bond acceptors (Lipinski definition) is 5. The normalized spacial score (nSPS) is 10.8. The van der Waals surface area contributed by atoms with Crippen LogP contribution in [0.25, 0.3) is 0 Å². The van der Waals surface area contributed by atoms with E-state index in [1.165, 1.54) is 0 Å². The van der Waals surface area contributed by atoms with Gasteiger partial charge >= 0.3 is 0 Å². The maximum Gasteiger partial charge on any atom is 0.224 e. The fourth-order valence-corrected chi connectivity index (χ4v) is 1.99. The third kappa shape index (κ3) is 5.74. The predicted molar refractivity (Wildman–Crippen MR) is 86.4 cm³/mol. The van der Waals surface area contributed by atoms with E-state index >= 15 is 0 Å². The quantitative estimate of drug-likeness (QED) is 0.645. The third-order valence-electron chi connectivity index (χ3n) is 3.34. The summed E-state index contributed by atoms with van der Waals surface area (Å²) in [6, 6.07) is 0. The van der Waals surface area contributed by atoms with Crippen molar-refractivity contribution in [2.75, 3.05) is 43.4 Å². The van der Waals surface area contributed by atoms with E-state index in [-0.39, 0.29) is 0 Å². The van der Waals surface area contributed by atoms with Gasteiger partial charge in [0, 0.05) is 24.8 Å². The van der Waals surface area contributed by atoms with Gasteiger partial charge < -0.3 is 15.5 Å². The maximum absolute atomic E-state index is 4.52. The van der Waals surface area contributed by atoms with Gasteiger partial charge in [0.2, 0.25) is 5.95 Å². The molecule has 20 heavy (non-hydrogen) atoms. The van der Waals surface area contributed by atoms with Crippen LogP contribution in [0.2, 0.25) is 0 Å². The number of nitrogens with one attached hydrogen (secondary N) is 2. The molecule has 0 aliphatic heterocycles. The zero-order valence-electron chi connectivity index (χ0n) is 13.4. The van der Waals surface area contributed by atoms with Crippen molar-refractivity contribution < 1.29 is 0 Å². The van der Waals surface area contributed by atoms with Gasteiger partial charge in [-0.15, -0.1) is 0 Å². The van der Waals surface area contributed by atoms with Crippen molar-refractivity contribution in [3.8, 4) is 0 Å². The molecule has 0 bridgehead atoms. The lowest BCUT2D eigenvalue weighted by molar-refractivity contribution is 0.303. The molecule has 1 aromatic rings. The second-order valence-corrected chi connectivity index (χ2v) is 4.96. The molecule has 0 radical (unpaired) electrons. The van der Waals surface area contributed by atoms with Crippen molar-refractivity contribution in [2.45, 2.75) is 40.5 Å². The molecule has 2 N–H and O–H groups in total. The van der Waals surface area contributed by atoms with Gasteiger partial charge in [-0.05, 0) is 39.4 Å². The van der Waals surface area contributed by atoms with Crippen molar-refractivity contribution in [1.29, 1.82) is 0 Å². The molecule has 0 saturated heterocycles. The Kier molecular flexibility index (Phi) is 7.95. The molecule has 1 heterocycles. The van der Waals surface area contributed by atoms with E-state index in [2.05, 4.69) is 46.3 Å². The molecular weight excluding hydrogens is 250 g/mol. The number of anilines is 2. The van der Waals surface area contributed by atoms with Crippen LogP contribution in [-0.2, 0) is 0 Å². The Morgan fingerprint density at radius 1 is 1.10 bits per heavy atom. The van der Waals surface area contributed by atoms with E-state index in [4.69, 9.17) is 0 Å². The van der Waals surface area contributed by atoms with Crippen LogP contribution < -0.4 is 10.6 Å². The summed E-state index contributed by atoms with van der Waals surface area (Å²) in [4.78, 5) is 11.2. The lowest BCUT2D eigenvalue weighted by atomic mass is 10.3. The van der Waals surface area contributed by atoms with Crippen LogP contribution in [0.15, 0.2) is 6.20 Å². The van der Waals surface area contributed by atoms with Crippen molar-refractivity contribution in [3.05, 3.63) is 11.8 Å². The summed E-state index contributed by atoms with van der Waals surface area (Å²) in [6.45, 7) is 13.8. The molecule has 0 aliphatic rings. The van der Waals surface area contributed by atoms with E-state index in [1.807, 2.05) is 13.1 Å².